The van der Waals surface area contributed by atoms with E-state index in [1.54, 1.807) is 12.1 Å². The molecular formula is C31H31Cl2N3O5S. The Balaban J connectivity index is 1.04. The maximum atomic E-state index is 11.7. The molecule has 2 bridgehead atoms. The maximum absolute atomic E-state index is 11.7. The predicted molar refractivity (Wildman–Crippen MR) is 163 cm³/mol. The molecule has 2 heterocycles. The number of carboxylic acid groups (broad SMARTS) is 1. The Morgan fingerprint density at radius 2 is 1.95 bits per heavy atom. The Kier molecular flexibility index (Phi) is 7.33. The average molecular weight is 629 g/mol. The number of aromatic carboxylic acids is 1. The predicted octanol–water partition coefficient (Wildman–Crippen LogP) is 8.42. The van der Waals surface area contributed by atoms with Gasteiger partial charge in [0.05, 0.1) is 39.1 Å². The van der Waals surface area contributed by atoms with E-state index in [4.69, 9.17) is 42.2 Å². The molecule has 0 spiro atoms. The highest BCUT2D eigenvalue weighted by Crippen LogP contribution is 2.50. The van der Waals surface area contributed by atoms with Gasteiger partial charge in [0.1, 0.15) is 22.7 Å². The van der Waals surface area contributed by atoms with Gasteiger partial charge in [0.15, 0.2) is 5.13 Å². The number of halogens is 2. The number of fused-ring (bicyclic) bond motifs is 3. The number of nitrogens with one attached hydrogen (secondary N) is 1. The lowest BCUT2D eigenvalue weighted by atomic mass is 9.93. The highest BCUT2D eigenvalue weighted by Gasteiger charge is 2.47. The number of rotatable bonds is 10. The third kappa shape index (κ3) is 5.25. The summed E-state index contributed by atoms with van der Waals surface area (Å²) in [5.74, 6) is 1.71. The van der Waals surface area contributed by atoms with E-state index >= 15 is 0 Å². The smallest absolute Gasteiger partial charge is 0.335 e. The molecule has 0 unspecified atom stereocenters. The van der Waals surface area contributed by atoms with Crippen LogP contribution in [0.25, 0.3) is 21.5 Å². The summed E-state index contributed by atoms with van der Waals surface area (Å²) in [7, 11) is 0. The van der Waals surface area contributed by atoms with Crippen molar-refractivity contribution in [1.82, 2.24) is 10.1 Å². The summed E-state index contributed by atoms with van der Waals surface area (Å²) < 4.78 is 19.1. The van der Waals surface area contributed by atoms with E-state index in [0.29, 0.717) is 63.0 Å². The number of thiazole rings is 1. The average Bonchev–Trinajstić information content (AvgIpc) is 3.23. The third-order valence-corrected chi connectivity index (χ3v) is 10.1. The molecule has 42 heavy (non-hydrogen) atoms. The van der Waals surface area contributed by atoms with E-state index in [0.717, 1.165) is 53.3 Å². The zero-order valence-corrected chi connectivity index (χ0v) is 25.6. The lowest BCUT2D eigenvalue weighted by molar-refractivity contribution is 0.00321. The molecule has 2 aromatic heterocycles. The van der Waals surface area contributed by atoms with Crippen LogP contribution in [0.15, 0.2) is 34.9 Å². The lowest BCUT2D eigenvalue weighted by Crippen LogP contribution is -2.32. The molecule has 3 aliphatic rings. The standard InChI is InChI=1S/C31H31Cl2N3O5S/c1-14(2)40-24-11-18(30(37)38)12-25-28(24)35-31(42-25)34-22-9-17-8-16(22)10-23(17)39-13-19-27(36-41-29(19)15-6-7-15)26-20(32)4-3-5-21(26)33/h3-5,11-12,14-17,22-23H,6-10,13H2,1-2H3,(H,34,35)(H,37,38)/t16-,17-,22-,23-/m0/s1. The van der Waals surface area contributed by atoms with Gasteiger partial charge in [-0.15, -0.1) is 0 Å². The number of ether oxygens (including phenoxy) is 2. The van der Waals surface area contributed by atoms with Crippen LogP contribution >= 0.6 is 34.5 Å². The van der Waals surface area contributed by atoms with Crippen molar-refractivity contribution in [3.05, 3.63) is 57.3 Å². The van der Waals surface area contributed by atoms with Crippen molar-refractivity contribution in [3.8, 4) is 17.0 Å². The van der Waals surface area contributed by atoms with Gasteiger partial charge in [-0.1, -0.05) is 45.8 Å². The maximum Gasteiger partial charge on any atom is 0.335 e. The zero-order chi connectivity index (χ0) is 29.1. The molecule has 4 aromatic rings. The molecule has 0 aliphatic heterocycles. The van der Waals surface area contributed by atoms with Crippen molar-refractivity contribution in [2.45, 2.75) is 76.7 Å². The summed E-state index contributed by atoms with van der Waals surface area (Å²) in [6.07, 6.45) is 5.30. The van der Waals surface area contributed by atoms with Crippen LogP contribution in [0.1, 0.15) is 73.6 Å². The van der Waals surface area contributed by atoms with E-state index in [2.05, 4.69) is 10.5 Å². The molecule has 7 rings (SSSR count). The topological polar surface area (TPSA) is 107 Å². The number of aromatic nitrogens is 2. The summed E-state index contributed by atoms with van der Waals surface area (Å²) in [5, 5.41) is 19.5. The van der Waals surface area contributed by atoms with Gasteiger partial charge < -0.3 is 24.4 Å². The summed E-state index contributed by atoms with van der Waals surface area (Å²) >= 11 is 14.5. The fourth-order valence-electron chi connectivity index (χ4n) is 6.53. The number of carbonyl (C=O) groups is 1. The minimum atomic E-state index is -0.981. The first-order valence-corrected chi connectivity index (χ1v) is 16.0. The van der Waals surface area contributed by atoms with Gasteiger partial charge in [0.25, 0.3) is 0 Å². The van der Waals surface area contributed by atoms with E-state index in [9.17, 15) is 9.90 Å². The first kappa shape index (κ1) is 28.0. The van der Waals surface area contributed by atoms with Crippen molar-refractivity contribution in [1.29, 1.82) is 0 Å². The van der Waals surface area contributed by atoms with Crippen molar-refractivity contribution in [2.24, 2.45) is 11.8 Å². The molecule has 2 aromatic carbocycles. The van der Waals surface area contributed by atoms with Crippen LogP contribution in [0.5, 0.6) is 5.75 Å². The van der Waals surface area contributed by atoms with E-state index < -0.39 is 5.97 Å². The molecule has 3 aliphatic carbocycles. The number of nitrogens with zero attached hydrogens (tertiary/aromatic N) is 2. The van der Waals surface area contributed by atoms with E-state index in [-0.39, 0.29) is 17.8 Å². The van der Waals surface area contributed by atoms with Crippen molar-refractivity contribution >= 4 is 55.9 Å². The molecule has 2 N–H and O–H groups in total. The highest BCUT2D eigenvalue weighted by atomic mass is 35.5. The van der Waals surface area contributed by atoms with Gasteiger partial charge >= 0.3 is 5.97 Å². The minimum Gasteiger partial charge on any atom is -0.489 e. The zero-order valence-electron chi connectivity index (χ0n) is 23.2. The molecule has 11 heteroatoms. The first-order chi connectivity index (χ1) is 20.2. The fourth-order valence-corrected chi connectivity index (χ4v) is 8.09. The summed E-state index contributed by atoms with van der Waals surface area (Å²) in [6, 6.07) is 8.98. The molecule has 3 fully saturated rings. The van der Waals surface area contributed by atoms with Crippen molar-refractivity contribution in [3.63, 3.8) is 0 Å². The SMILES string of the molecule is CC(C)Oc1cc(C(=O)O)cc2sc(N[C@H]3C[C@@H]4C[C@H]3C[C@@H]4OCc3c(-c4c(Cl)cccc4Cl)noc3C3CC3)nc12. The van der Waals surface area contributed by atoms with Crippen LogP contribution in [0, 0.1) is 11.8 Å². The van der Waals surface area contributed by atoms with Gasteiger partial charge in [-0.3, -0.25) is 0 Å². The number of hydrogen-bond acceptors (Lipinski definition) is 8. The van der Waals surface area contributed by atoms with Crippen LogP contribution < -0.4 is 10.1 Å². The Bertz CT molecular complexity index is 1650. The van der Waals surface area contributed by atoms with Gasteiger partial charge in [0, 0.05) is 23.1 Å². The highest BCUT2D eigenvalue weighted by molar-refractivity contribution is 7.22. The van der Waals surface area contributed by atoms with E-state index in [1.807, 2.05) is 32.0 Å². The number of anilines is 1. The monoisotopic (exact) mass is 627 g/mol. The minimum absolute atomic E-state index is 0.0891. The van der Waals surface area contributed by atoms with Crippen LogP contribution in [-0.4, -0.2) is 39.5 Å². The second-order valence-corrected chi connectivity index (χ2v) is 13.7. The Morgan fingerprint density at radius 1 is 1.17 bits per heavy atom. The van der Waals surface area contributed by atoms with Crippen LogP contribution in [0.3, 0.4) is 0 Å². The number of benzene rings is 2. The number of carboxylic acids is 1. The normalized spacial score (nSPS) is 23.3. The van der Waals surface area contributed by atoms with Crippen LogP contribution in [-0.2, 0) is 11.3 Å². The molecule has 0 saturated heterocycles. The Hall–Kier alpha value is -2.85. The van der Waals surface area contributed by atoms with Crippen LogP contribution in [0.2, 0.25) is 10.0 Å². The fraction of sp³-hybridized carbons (Fsp3) is 0.452. The first-order valence-electron chi connectivity index (χ1n) is 14.4. The lowest BCUT2D eigenvalue weighted by Gasteiger charge is -2.28. The van der Waals surface area contributed by atoms with Gasteiger partial charge in [-0.05, 0) is 82.1 Å². The van der Waals surface area contributed by atoms with Crippen molar-refractivity contribution in [2.75, 3.05) is 5.32 Å². The molecule has 8 nitrogen and oxygen atoms in total. The quantitative estimate of drug-likeness (QED) is 0.180. The second-order valence-electron chi connectivity index (χ2n) is 11.9. The van der Waals surface area contributed by atoms with Crippen molar-refractivity contribution < 1.29 is 23.9 Å². The molecular weight excluding hydrogens is 597 g/mol. The largest absolute Gasteiger partial charge is 0.489 e. The third-order valence-electron chi connectivity index (χ3n) is 8.58. The Morgan fingerprint density at radius 3 is 2.62 bits per heavy atom. The van der Waals surface area contributed by atoms with Gasteiger partial charge in [-0.25, -0.2) is 9.78 Å². The van der Waals surface area contributed by atoms with Gasteiger partial charge in [0.2, 0.25) is 0 Å². The summed E-state index contributed by atoms with van der Waals surface area (Å²) in [6.45, 7) is 4.25. The Labute approximate surface area is 257 Å². The second kappa shape index (κ2) is 11.0. The van der Waals surface area contributed by atoms with E-state index in [1.165, 1.54) is 11.3 Å². The molecule has 3 saturated carbocycles. The van der Waals surface area contributed by atoms with Crippen LogP contribution in [0.4, 0.5) is 5.13 Å². The summed E-state index contributed by atoms with van der Waals surface area (Å²) in [5.41, 5.74) is 3.23. The van der Waals surface area contributed by atoms with Gasteiger partial charge in [-0.2, -0.15) is 0 Å². The molecule has 0 amide bonds. The number of hydrogen-bond donors (Lipinski definition) is 2. The molecule has 4 atom stereocenters. The molecule has 0 radical (unpaired) electrons. The summed E-state index contributed by atoms with van der Waals surface area (Å²) in [4.78, 5) is 16.5. The molecule has 220 valence electrons.